The van der Waals surface area contributed by atoms with Gasteiger partial charge >= 0.3 is 0 Å². The van der Waals surface area contributed by atoms with E-state index in [4.69, 9.17) is 32.8 Å². The Bertz CT molecular complexity index is 1600. The molecule has 2 aliphatic carbocycles. The molecule has 13 heteroatoms. The number of nitrogens with zero attached hydrogens (tertiary/aromatic N) is 6. The predicted molar refractivity (Wildman–Crippen MR) is 146 cm³/mol. The third-order valence-corrected chi connectivity index (χ3v) is 9.45. The van der Waals surface area contributed by atoms with E-state index in [1.54, 1.807) is 12.3 Å². The van der Waals surface area contributed by atoms with Crippen LogP contribution >= 0.6 is 23.4 Å². The van der Waals surface area contributed by atoms with Crippen molar-refractivity contribution in [2.75, 3.05) is 18.0 Å². The van der Waals surface area contributed by atoms with Gasteiger partial charge in [0, 0.05) is 42.1 Å². The van der Waals surface area contributed by atoms with Crippen LogP contribution in [-0.4, -0.2) is 55.2 Å². The Kier molecular flexibility index (Phi) is 5.87. The SMILES string of the molecule is NC(=O)c1nc(N2CCC3(CC2)Cc2ncccc2[C@H]3N)nc2[nH]nc(Sc3ccnc(OC4CC4)c3Cl)c12. The van der Waals surface area contributed by atoms with E-state index in [2.05, 4.69) is 36.1 Å². The number of piperidine rings is 1. The van der Waals surface area contributed by atoms with Crippen LogP contribution in [0.15, 0.2) is 40.5 Å². The summed E-state index contributed by atoms with van der Waals surface area (Å²) in [5, 5.41) is 8.73. The molecule has 0 bridgehead atoms. The van der Waals surface area contributed by atoms with Crippen molar-refractivity contribution in [3.63, 3.8) is 0 Å². The van der Waals surface area contributed by atoms with Gasteiger partial charge in [-0.25, -0.2) is 9.97 Å². The number of carbonyl (C=O) groups is 1. The molecule has 1 aliphatic heterocycles. The smallest absolute Gasteiger partial charge is 0.268 e. The lowest BCUT2D eigenvalue weighted by atomic mass is 9.73. The van der Waals surface area contributed by atoms with E-state index < -0.39 is 5.91 Å². The van der Waals surface area contributed by atoms with Gasteiger partial charge in [-0.05, 0) is 55.2 Å². The van der Waals surface area contributed by atoms with Crippen LogP contribution in [0.2, 0.25) is 5.02 Å². The highest BCUT2D eigenvalue weighted by molar-refractivity contribution is 7.99. The number of amides is 1. The Labute approximate surface area is 233 Å². The molecule has 4 aromatic rings. The number of nitrogens with one attached hydrogen (secondary N) is 1. The van der Waals surface area contributed by atoms with Crippen LogP contribution in [0.5, 0.6) is 5.88 Å². The Morgan fingerprint density at radius 3 is 2.74 bits per heavy atom. The summed E-state index contributed by atoms with van der Waals surface area (Å²) in [6, 6.07) is 5.76. The lowest BCUT2D eigenvalue weighted by Gasteiger charge is -2.42. The summed E-state index contributed by atoms with van der Waals surface area (Å²) in [5.74, 6) is 0.176. The maximum atomic E-state index is 12.6. The molecule has 7 rings (SSSR count). The van der Waals surface area contributed by atoms with E-state index >= 15 is 0 Å². The Balaban J connectivity index is 1.15. The van der Waals surface area contributed by atoms with Crippen LogP contribution in [0.25, 0.3) is 11.0 Å². The van der Waals surface area contributed by atoms with Gasteiger partial charge in [-0.15, -0.1) is 0 Å². The minimum Gasteiger partial charge on any atom is -0.473 e. The van der Waals surface area contributed by atoms with Crippen molar-refractivity contribution in [1.29, 1.82) is 0 Å². The Morgan fingerprint density at radius 1 is 1.18 bits per heavy atom. The van der Waals surface area contributed by atoms with Crippen LogP contribution in [0.1, 0.15) is 53.5 Å². The monoisotopic (exact) mass is 563 g/mol. The lowest BCUT2D eigenvalue weighted by molar-refractivity contribution is 0.0997. The van der Waals surface area contributed by atoms with Gasteiger partial charge in [-0.1, -0.05) is 29.4 Å². The number of hydrogen-bond donors (Lipinski definition) is 3. The number of H-pyrrole nitrogens is 1. The summed E-state index contributed by atoms with van der Waals surface area (Å²) in [5.41, 5.74) is 15.2. The van der Waals surface area contributed by atoms with Crippen molar-refractivity contribution >= 4 is 46.3 Å². The maximum Gasteiger partial charge on any atom is 0.268 e. The normalized spacial score (nSPS) is 19.9. The molecule has 39 heavy (non-hydrogen) atoms. The summed E-state index contributed by atoms with van der Waals surface area (Å²) < 4.78 is 5.81. The molecule has 200 valence electrons. The number of fused-ring (bicyclic) bond motifs is 2. The fourth-order valence-corrected chi connectivity index (χ4v) is 6.77. The van der Waals surface area contributed by atoms with Gasteiger partial charge in [0.05, 0.1) is 5.39 Å². The van der Waals surface area contributed by atoms with Gasteiger partial charge in [0.25, 0.3) is 5.91 Å². The van der Waals surface area contributed by atoms with Gasteiger partial charge in [0.15, 0.2) is 5.65 Å². The van der Waals surface area contributed by atoms with Crippen molar-refractivity contribution in [3.05, 3.63) is 52.6 Å². The highest BCUT2D eigenvalue weighted by Gasteiger charge is 2.47. The number of hydrogen-bond acceptors (Lipinski definition) is 10. The molecule has 0 unspecified atom stereocenters. The number of primary amides is 1. The molecule has 0 radical (unpaired) electrons. The minimum atomic E-state index is -0.654. The summed E-state index contributed by atoms with van der Waals surface area (Å²) in [6.07, 6.45) is 8.23. The van der Waals surface area contributed by atoms with E-state index in [0.717, 1.165) is 43.4 Å². The molecular weight excluding hydrogens is 538 g/mol. The van der Waals surface area contributed by atoms with Crippen molar-refractivity contribution in [1.82, 2.24) is 30.1 Å². The van der Waals surface area contributed by atoms with Crippen LogP contribution < -0.4 is 21.1 Å². The van der Waals surface area contributed by atoms with Crippen molar-refractivity contribution < 1.29 is 9.53 Å². The molecule has 1 atom stereocenters. The fraction of sp³-hybridized carbons (Fsp3) is 0.385. The number of ether oxygens (including phenoxy) is 1. The largest absolute Gasteiger partial charge is 0.473 e. The van der Waals surface area contributed by atoms with E-state index in [-0.39, 0.29) is 23.3 Å². The first-order valence-corrected chi connectivity index (χ1v) is 14.1. The molecule has 1 spiro atoms. The van der Waals surface area contributed by atoms with Crippen LogP contribution in [0, 0.1) is 5.41 Å². The number of halogens is 1. The molecule has 1 amide bonds. The summed E-state index contributed by atoms with van der Waals surface area (Å²) in [7, 11) is 0. The molecule has 5 heterocycles. The zero-order valence-electron chi connectivity index (χ0n) is 20.9. The zero-order valence-corrected chi connectivity index (χ0v) is 22.5. The third-order valence-electron chi connectivity index (χ3n) is 7.92. The second kappa shape index (κ2) is 9.32. The molecule has 5 N–H and O–H groups in total. The highest BCUT2D eigenvalue weighted by atomic mass is 35.5. The first-order chi connectivity index (χ1) is 18.9. The van der Waals surface area contributed by atoms with E-state index in [0.29, 0.717) is 50.9 Å². The summed E-state index contributed by atoms with van der Waals surface area (Å²) >= 11 is 7.86. The maximum absolute atomic E-state index is 12.6. The van der Waals surface area contributed by atoms with Crippen molar-refractivity contribution in [2.45, 2.75) is 54.2 Å². The highest BCUT2D eigenvalue weighted by Crippen LogP contribution is 2.50. The molecule has 4 aromatic heterocycles. The van der Waals surface area contributed by atoms with Gasteiger partial charge in [-0.3, -0.25) is 14.9 Å². The van der Waals surface area contributed by atoms with E-state index in [1.165, 1.54) is 11.8 Å². The molecule has 3 aliphatic rings. The van der Waals surface area contributed by atoms with E-state index in [9.17, 15) is 4.79 Å². The third kappa shape index (κ3) is 4.26. The quantitative estimate of drug-likeness (QED) is 0.317. The Hall–Kier alpha value is -3.48. The summed E-state index contributed by atoms with van der Waals surface area (Å²) in [6.45, 7) is 1.41. The van der Waals surface area contributed by atoms with Crippen LogP contribution in [0.3, 0.4) is 0 Å². The minimum absolute atomic E-state index is 0.0342. The van der Waals surface area contributed by atoms with Gasteiger partial charge < -0.3 is 21.1 Å². The number of anilines is 1. The first-order valence-electron chi connectivity index (χ1n) is 12.9. The fourth-order valence-electron chi connectivity index (χ4n) is 5.60. The molecule has 2 fully saturated rings. The Morgan fingerprint density at radius 2 is 2.00 bits per heavy atom. The molecule has 1 saturated carbocycles. The zero-order chi connectivity index (χ0) is 26.7. The first kappa shape index (κ1) is 24.6. The number of nitrogens with two attached hydrogens (primary N) is 2. The number of aromatic amines is 1. The van der Waals surface area contributed by atoms with E-state index in [1.807, 2.05) is 12.3 Å². The van der Waals surface area contributed by atoms with Gasteiger partial charge in [-0.2, -0.15) is 10.1 Å². The topological polar surface area (TPSA) is 162 Å². The number of pyridine rings is 2. The van der Waals surface area contributed by atoms with Crippen molar-refractivity contribution in [3.8, 4) is 5.88 Å². The predicted octanol–water partition coefficient (Wildman–Crippen LogP) is 3.43. The standard InChI is InChI=1S/C26H26ClN9O2S/c27-18-16(5-9-31-23(18)38-13-3-4-13)39-24-17-19(21(29)37)32-25(33-22(17)34-35-24)36-10-6-26(7-11-36)12-15-14(20(26)28)2-1-8-30-15/h1-2,5,8-9,13,20H,3-4,6-7,10-12,28H2,(H2,29,37)(H,32,33,34,35)/t20-/m1/s1. The van der Waals surface area contributed by atoms with Crippen LogP contribution in [0.4, 0.5) is 5.95 Å². The van der Waals surface area contributed by atoms with Gasteiger partial charge in [0.1, 0.15) is 21.8 Å². The molecule has 11 nitrogen and oxygen atoms in total. The lowest BCUT2D eigenvalue weighted by Crippen LogP contribution is -2.45. The second-order valence-corrected chi connectivity index (χ2v) is 11.8. The number of rotatable bonds is 6. The summed E-state index contributed by atoms with van der Waals surface area (Å²) in [4.78, 5) is 33.5. The second-order valence-electron chi connectivity index (χ2n) is 10.4. The molecular formula is C26H26ClN9O2S. The van der Waals surface area contributed by atoms with Crippen LogP contribution in [-0.2, 0) is 6.42 Å². The van der Waals surface area contributed by atoms with Crippen molar-refractivity contribution in [2.24, 2.45) is 16.9 Å². The van der Waals surface area contributed by atoms with Gasteiger partial charge in [0.2, 0.25) is 11.8 Å². The average Bonchev–Trinajstić information content (AvgIpc) is 3.61. The average molecular weight is 564 g/mol. The number of aromatic nitrogens is 6. The number of carbonyl (C=O) groups excluding carboxylic acids is 1. The molecule has 0 aromatic carbocycles. The molecule has 1 saturated heterocycles.